The van der Waals surface area contributed by atoms with Gasteiger partial charge in [-0.1, -0.05) is 6.92 Å². The van der Waals surface area contributed by atoms with Crippen LogP contribution in [-0.2, 0) is 9.53 Å². The van der Waals surface area contributed by atoms with E-state index in [1.165, 1.54) is 7.11 Å². The van der Waals surface area contributed by atoms with Crippen molar-refractivity contribution in [3.63, 3.8) is 0 Å². The number of carbonyl (C=O) groups is 1. The molecule has 0 bridgehead atoms. The number of terminal acetylenes is 1. The molecule has 3 heteroatoms. The molecular formula is C11H19NO2. The number of ether oxygens (including phenoxy) is 1. The number of hydrogen-bond acceptors (Lipinski definition) is 3. The zero-order valence-electron chi connectivity index (χ0n) is 9.17. The summed E-state index contributed by atoms with van der Waals surface area (Å²) in [5.74, 6) is 2.27. The average Bonchev–Trinajstić information content (AvgIpc) is 2.21. The van der Waals surface area contributed by atoms with E-state index in [9.17, 15) is 4.79 Å². The van der Waals surface area contributed by atoms with Crippen LogP contribution in [0.3, 0.4) is 0 Å². The molecule has 0 spiro atoms. The quantitative estimate of drug-likeness (QED) is 0.395. The van der Waals surface area contributed by atoms with E-state index in [2.05, 4.69) is 16.0 Å². The van der Waals surface area contributed by atoms with E-state index in [-0.39, 0.29) is 17.9 Å². The molecule has 2 unspecified atom stereocenters. The highest BCUT2D eigenvalue weighted by Gasteiger charge is 2.19. The molecule has 0 aliphatic rings. The lowest BCUT2D eigenvalue weighted by atomic mass is 10.0. The lowest BCUT2D eigenvalue weighted by Gasteiger charge is -2.18. The fraction of sp³-hybridized carbons (Fsp3) is 0.727. The summed E-state index contributed by atoms with van der Waals surface area (Å²) in [5, 5.41) is 3.24. The molecule has 0 amide bonds. The number of nitrogens with one attached hydrogen (secondary N) is 1. The molecule has 14 heavy (non-hydrogen) atoms. The second-order valence-electron chi connectivity index (χ2n) is 3.36. The fourth-order valence-electron chi connectivity index (χ4n) is 1.09. The zero-order chi connectivity index (χ0) is 11.0. The van der Waals surface area contributed by atoms with Gasteiger partial charge >= 0.3 is 5.97 Å². The molecule has 0 radical (unpaired) electrons. The molecule has 0 rings (SSSR count). The minimum absolute atomic E-state index is 0.120. The molecule has 0 aliphatic heterocycles. The summed E-state index contributed by atoms with van der Waals surface area (Å²) in [5.41, 5.74) is 0. The number of methoxy groups -OCH3 is 1. The van der Waals surface area contributed by atoms with Gasteiger partial charge in [0, 0.05) is 12.5 Å². The number of carbonyl (C=O) groups excluding carboxylic acids is 1. The van der Waals surface area contributed by atoms with Crippen molar-refractivity contribution in [3.05, 3.63) is 0 Å². The van der Waals surface area contributed by atoms with Gasteiger partial charge in [-0.3, -0.25) is 4.79 Å². The zero-order valence-corrected chi connectivity index (χ0v) is 9.17. The van der Waals surface area contributed by atoms with Gasteiger partial charge in [-0.2, -0.15) is 0 Å². The van der Waals surface area contributed by atoms with Gasteiger partial charge in [-0.05, 0) is 19.9 Å². The third-order valence-electron chi connectivity index (χ3n) is 2.29. The van der Waals surface area contributed by atoms with E-state index in [1.807, 2.05) is 13.8 Å². The molecule has 3 nitrogen and oxygen atoms in total. The van der Waals surface area contributed by atoms with Crippen LogP contribution in [0.5, 0.6) is 0 Å². The Hall–Kier alpha value is -1.01. The van der Waals surface area contributed by atoms with Gasteiger partial charge < -0.3 is 10.1 Å². The van der Waals surface area contributed by atoms with Gasteiger partial charge in [0.2, 0.25) is 0 Å². The Balaban J connectivity index is 3.68. The molecule has 80 valence electrons. The van der Waals surface area contributed by atoms with Crippen molar-refractivity contribution >= 4 is 5.97 Å². The Kier molecular flexibility index (Phi) is 6.87. The number of unbranched alkanes of at least 4 members (excludes halogenated alkanes) is 1. The largest absolute Gasteiger partial charge is 0.469 e. The molecule has 0 aromatic rings. The molecule has 2 atom stereocenters. The standard InChI is InChI=1S/C11H19NO2/c1-5-6-7-8-12-10(3)9(2)11(13)14-4/h1,9-10,12H,6-8H2,2-4H3. The maximum atomic E-state index is 11.1. The van der Waals surface area contributed by atoms with E-state index < -0.39 is 0 Å². The molecule has 1 N–H and O–H groups in total. The molecule has 0 fully saturated rings. The van der Waals surface area contributed by atoms with Crippen molar-refractivity contribution < 1.29 is 9.53 Å². The number of esters is 1. The van der Waals surface area contributed by atoms with Crippen molar-refractivity contribution in [2.24, 2.45) is 5.92 Å². The summed E-state index contributed by atoms with van der Waals surface area (Å²) in [4.78, 5) is 11.1. The Morgan fingerprint density at radius 3 is 2.71 bits per heavy atom. The third kappa shape index (κ3) is 4.88. The van der Waals surface area contributed by atoms with Gasteiger partial charge in [-0.15, -0.1) is 12.3 Å². The molecular weight excluding hydrogens is 178 g/mol. The van der Waals surface area contributed by atoms with Crippen molar-refractivity contribution in [2.75, 3.05) is 13.7 Å². The second-order valence-corrected chi connectivity index (χ2v) is 3.36. The minimum Gasteiger partial charge on any atom is -0.469 e. The Labute approximate surface area is 86.2 Å². The summed E-state index contributed by atoms with van der Waals surface area (Å²) in [6, 6.07) is 0.125. The SMILES string of the molecule is C#CCCCNC(C)C(C)C(=O)OC. The smallest absolute Gasteiger partial charge is 0.309 e. The molecule has 0 heterocycles. The van der Waals surface area contributed by atoms with Crippen LogP contribution in [-0.4, -0.2) is 25.7 Å². The first-order valence-electron chi connectivity index (χ1n) is 4.88. The highest BCUT2D eigenvalue weighted by molar-refractivity contribution is 5.72. The first-order valence-corrected chi connectivity index (χ1v) is 4.88. The molecule has 0 aliphatic carbocycles. The number of hydrogen-bond donors (Lipinski definition) is 1. The normalized spacial score (nSPS) is 14.1. The van der Waals surface area contributed by atoms with E-state index in [0.29, 0.717) is 0 Å². The van der Waals surface area contributed by atoms with Crippen LogP contribution in [0.1, 0.15) is 26.7 Å². The Morgan fingerprint density at radius 2 is 2.21 bits per heavy atom. The van der Waals surface area contributed by atoms with Gasteiger partial charge in [0.15, 0.2) is 0 Å². The summed E-state index contributed by atoms with van der Waals surface area (Å²) in [6.45, 7) is 4.66. The first-order chi connectivity index (χ1) is 6.63. The maximum Gasteiger partial charge on any atom is 0.309 e. The van der Waals surface area contributed by atoms with E-state index >= 15 is 0 Å². The summed E-state index contributed by atoms with van der Waals surface area (Å²) in [6.07, 6.45) is 6.83. The van der Waals surface area contributed by atoms with Gasteiger partial charge in [-0.25, -0.2) is 0 Å². The first kappa shape index (κ1) is 13.0. The monoisotopic (exact) mass is 197 g/mol. The van der Waals surface area contributed by atoms with Gasteiger partial charge in [0.05, 0.1) is 13.0 Å². The molecule has 0 aromatic carbocycles. The van der Waals surface area contributed by atoms with Crippen LogP contribution >= 0.6 is 0 Å². The van der Waals surface area contributed by atoms with Crippen molar-refractivity contribution in [2.45, 2.75) is 32.7 Å². The van der Waals surface area contributed by atoms with E-state index in [1.54, 1.807) is 0 Å². The van der Waals surface area contributed by atoms with Crippen molar-refractivity contribution in [1.82, 2.24) is 5.32 Å². The van der Waals surface area contributed by atoms with Crippen LogP contribution in [0.15, 0.2) is 0 Å². The van der Waals surface area contributed by atoms with Crippen molar-refractivity contribution in [3.8, 4) is 12.3 Å². The van der Waals surface area contributed by atoms with Crippen LogP contribution in [0, 0.1) is 18.3 Å². The summed E-state index contributed by atoms with van der Waals surface area (Å²) in [7, 11) is 1.41. The van der Waals surface area contributed by atoms with Crippen molar-refractivity contribution in [1.29, 1.82) is 0 Å². The maximum absolute atomic E-state index is 11.1. The van der Waals surface area contributed by atoms with Gasteiger partial charge in [0.1, 0.15) is 0 Å². The van der Waals surface area contributed by atoms with Gasteiger partial charge in [0.25, 0.3) is 0 Å². The summed E-state index contributed by atoms with van der Waals surface area (Å²) >= 11 is 0. The molecule has 0 aromatic heterocycles. The molecule has 0 saturated carbocycles. The number of rotatable bonds is 6. The second kappa shape index (κ2) is 7.40. The Morgan fingerprint density at radius 1 is 1.57 bits per heavy atom. The fourth-order valence-corrected chi connectivity index (χ4v) is 1.09. The highest BCUT2D eigenvalue weighted by atomic mass is 16.5. The predicted octanol–water partition coefficient (Wildman–Crippen LogP) is 1.19. The average molecular weight is 197 g/mol. The third-order valence-corrected chi connectivity index (χ3v) is 2.29. The predicted molar refractivity (Wildman–Crippen MR) is 56.7 cm³/mol. The van der Waals surface area contributed by atoms with Crippen LogP contribution < -0.4 is 5.32 Å². The van der Waals surface area contributed by atoms with E-state index in [4.69, 9.17) is 6.42 Å². The summed E-state index contributed by atoms with van der Waals surface area (Å²) < 4.78 is 4.65. The van der Waals surface area contributed by atoms with Crippen LogP contribution in [0.4, 0.5) is 0 Å². The topological polar surface area (TPSA) is 38.3 Å². The lowest BCUT2D eigenvalue weighted by Crippen LogP contribution is -2.37. The van der Waals surface area contributed by atoms with E-state index in [0.717, 1.165) is 19.4 Å². The molecule has 0 saturated heterocycles. The highest BCUT2D eigenvalue weighted by Crippen LogP contribution is 2.04. The van der Waals surface area contributed by atoms with Crippen LogP contribution in [0.25, 0.3) is 0 Å². The Bertz CT molecular complexity index is 208. The minimum atomic E-state index is -0.179. The lowest BCUT2D eigenvalue weighted by molar-refractivity contribution is -0.145. The van der Waals surface area contributed by atoms with Crippen LogP contribution in [0.2, 0.25) is 0 Å².